The third kappa shape index (κ3) is 5.41. The van der Waals surface area contributed by atoms with E-state index < -0.39 is 0 Å². The van der Waals surface area contributed by atoms with Crippen LogP contribution in [-0.4, -0.2) is 66.7 Å². The van der Waals surface area contributed by atoms with Crippen LogP contribution in [0, 0.1) is 6.92 Å². The minimum absolute atomic E-state index is 0. The molecule has 2 aliphatic rings. The maximum absolute atomic E-state index is 11.7. The lowest BCUT2D eigenvalue weighted by Crippen LogP contribution is -2.41. The zero-order valence-electron chi connectivity index (χ0n) is 14.5. The second-order valence-electron chi connectivity index (χ2n) is 6.16. The van der Waals surface area contributed by atoms with Crippen molar-refractivity contribution in [3.8, 4) is 0 Å². The van der Waals surface area contributed by atoms with Crippen LogP contribution in [0.25, 0.3) is 0 Å². The number of morpholine rings is 1. The molecule has 0 radical (unpaired) electrons. The van der Waals surface area contributed by atoms with Crippen LogP contribution in [0.1, 0.15) is 30.3 Å². The first-order chi connectivity index (χ1) is 11.2. The molecule has 7 nitrogen and oxygen atoms in total. The van der Waals surface area contributed by atoms with Gasteiger partial charge < -0.3 is 20.3 Å². The number of rotatable bonds is 3. The molecule has 0 spiro atoms. The lowest BCUT2D eigenvalue weighted by atomic mass is 9.93. The van der Waals surface area contributed by atoms with E-state index >= 15 is 0 Å². The molecule has 3 heterocycles. The minimum atomic E-state index is 0. The standard InChI is InChI=1S/C16H25N5O2.2ClH/c1-12-18-14(10-15(19-12)20-6-8-23-9-7-20)13-2-4-21(5-3-13)16(22)11-17;;/h10,13H,2-9,11,17H2,1H3;2*1H. The van der Waals surface area contributed by atoms with Gasteiger partial charge in [0.1, 0.15) is 11.6 Å². The van der Waals surface area contributed by atoms with Gasteiger partial charge >= 0.3 is 0 Å². The highest BCUT2D eigenvalue weighted by molar-refractivity contribution is 5.85. The highest BCUT2D eigenvalue weighted by atomic mass is 35.5. The van der Waals surface area contributed by atoms with E-state index in [-0.39, 0.29) is 37.3 Å². The summed E-state index contributed by atoms with van der Waals surface area (Å²) >= 11 is 0. The molecule has 0 saturated carbocycles. The van der Waals surface area contributed by atoms with Gasteiger partial charge in [-0.2, -0.15) is 0 Å². The molecular formula is C16H27Cl2N5O2. The van der Waals surface area contributed by atoms with Crippen molar-refractivity contribution in [3.05, 3.63) is 17.6 Å². The number of carbonyl (C=O) groups excluding carboxylic acids is 1. The van der Waals surface area contributed by atoms with E-state index in [1.54, 1.807) is 0 Å². The predicted molar refractivity (Wildman–Crippen MR) is 102 cm³/mol. The van der Waals surface area contributed by atoms with E-state index in [4.69, 9.17) is 10.5 Å². The summed E-state index contributed by atoms with van der Waals surface area (Å²) in [5.41, 5.74) is 6.54. The van der Waals surface area contributed by atoms with Gasteiger partial charge in [0.15, 0.2) is 0 Å². The first-order valence-corrected chi connectivity index (χ1v) is 8.33. The predicted octanol–water partition coefficient (Wildman–Crippen LogP) is 1.13. The molecule has 2 saturated heterocycles. The molecule has 2 fully saturated rings. The fourth-order valence-electron chi connectivity index (χ4n) is 3.29. The van der Waals surface area contributed by atoms with E-state index in [0.29, 0.717) is 5.92 Å². The number of anilines is 1. The highest BCUT2D eigenvalue weighted by Gasteiger charge is 2.25. The van der Waals surface area contributed by atoms with Crippen molar-refractivity contribution in [3.63, 3.8) is 0 Å². The number of halogens is 2. The summed E-state index contributed by atoms with van der Waals surface area (Å²) in [5, 5.41) is 0. The van der Waals surface area contributed by atoms with Crippen molar-refractivity contribution in [2.45, 2.75) is 25.7 Å². The van der Waals surface area contributed by atoms with Crippen molar-refractivity contribution in [1.82, 2.24) is 14.9 Å². The van der Waals surface area contributed by atoms with Crippen LogP contribution in [0.5, 0.6) is 0 Å². The molecule has 0 aromatic carbocycles. The summed E-state index contributed by atoms with van der Waals surface area (Å²) < 4.78 is 5.41. The smallest absolute Gasteiger partial charge is 0.236 e. The van der Waals surface area contributed by atoms with E-state index in [1.165, 1.54) is 0 Å². The Kier molecular flexibility index (Phi) is 8.85. The van der Waals surface area contributed by atoms with Crippen LogP contribution >= 0.6 is 24.8 Å². The van der Waals surface area contributed by atoms with Crippen molar-refractivity contribution >= 4 is 36.5 Å². The molecule has 0 atom stereocenters. The molecule has 3 rings (SSSR count). The van der Waals surface area contributed by atoms with Gasteiger partial charge in [-0.05, 0) is 19.8 Å². The molecule has 2 N–H and O–H groups in total. The average molecular weight is 392 g/mol. The van der Waals surface area contributed by atoms with Gasteiger partial charge in [0, 0.05) is 43.9 Å². The largest absolute Gasteiger partial charge is 0.378 e. The topological polar surface area (TPSA) is 84.6 Å². The van der Waals surface area contributed by atoms with Crippen LogP contribution in [-0.2, 0) is 9.53 Å². The fourth-order valence-corrected chi connectivity index (χ4v) is 3.29. The van der Waals surface area contributed by atoms with Gasteiger partial charge in [-0.15, -0.1) is 24.8 Å². The number of nitrogens with zero attached hydrogens (tertiary/aromatic N) is 4. The highest BCUT2D eigenvalue weighted by Crippen LogP contribution is 2.28. The minimum Gasteiger partial charge on any atom is -0.378 e. The van der Waals surface area contributed by atoms with Crippen LogP contribution in [0.2, 0.25) is 0 Å². The number of aromatic nitrogens is 2. The van der Waals surface area contributed by atoms with Crippen molar-refractivity contribution in [1.29, 1.82) is 0 Å². The van der Waals surface area contributed by atoms with Crippen molar-refractivity contribution in [2.24, 2.45) is 5.73 Å². The Labute approximate surface area is 161 Å². The number of carbonyl (C=O) groups is 1. The van der Waals surface area contributed by atoms with E-state index in [1.807, 2.05) is 11.8 Å². The molecule has 0 aliphatic carbocycles. The molecule has 0 unspecified atom stereocenters. The number of aryl methyl sites for hydroxylation is 1. The molecule has 0 bridgehead atoms. The van der Waals surface area contributed by atoms with Gasteiger partial charge in [0.2, 0.25) is 5.91 Å². The van der Waals surface area contributed by atoms with Gasteiger partial charge in [0.05, 0.1) is 19.8 Å². The summed E-state index contributed by atoms with van der Waals surface area (Å²) in [5.74, 6) is 2.23. The number of amides is 1. The van der Waals surface area contributed by atoms with Crippen LogP contribution in [0.3, 0.4) is 0 Å². The lowest BCUT2D eigenvalue weighted by Gasteiger charge is -2.32. The van der Waals surface area contributed by atoms with E-state index in [2.05, 4.69) is 20.9 Å². The summed E-state index contributed by atoms with van der Waals surface area (Å²) in [6.07, 6.45) is 1.87. The van der Waals surface area contributed by atoms with Crippen LogP contribution < -0.4 is 10.6 Å². The number of ether oxygens (including phenoxy) is 1. The molecule has 2 aliphatic heterocycles. The Morgan fingerprint density at radius 2 is 1.84 bits per heavy atom. The number of hydrogen-bond donors (Lipinski definition) is 1. The van der Waals surface area contributed by atoms with Crippen LogP contribution in [0.15, 0.2) is 6.07 Å². The molecule has 1 amide bonds. The molecular weight excluding hydrogens is 365 g/mol. The Bertz CT molecular complexity index is 561. The number of hydrogen-bond acceptors (Lipinski definition) is 6. The Morgan fingerprint density at radius 3 is 2.44 bits per heavy atom. The summed E-state index contributed by atoms with van der Waals surface area (Å²) in [6.45, 7) is 6.81. The van der Waals surface area contributed by atoms with Gasteiger partial charge in [-0.1, -0.05) is 0 Å². The molecule has 1 aromatic rings. The number of piperidine rings is 1. The van der Waals surface area contributed by atoms with Gasteiger partial charge in [0.25, 0.3) is 0 Å². The maximum atomic E-state index is 11.7. The summed E-state index contributed by atoms with van der Waals surface area (Å²) in [7, 11) is 0. The first kappa shape index (κ1) is 21.9. The summed E-state index contributed by atoms with van der Waals surface area (Å²) in [6, 6.07) is 2.11. The zero-order valence-corrected chi connectivity index (χ0v) is 16.2. The fraction of sp³-hybridized carbons (Fsp3) is 0.688. The average Bonchev–Trinajstić information content (AvgIpc) is 2.61. The quantitative estimate of drug-likeness (QED) is 0.830. The Hall–Kier alpha value is -1.15. The lowest BCUT2D eigenvalue weighted by molar-refractivity contribution is -0.130. The number of likely N-dealkylation sites (tertiary alicyclic amines) is 1. The summed E-state index contributed by atoms with van der Waals surface area (Å²) in [4.78, 5) is 25.0. The Balaban J connectivity index is 0.00000156. The SMILES string of the molecule is Cc1nc(C2CCN(C(=O)CN)CC2)cc(N2CCOCC2)n1.Cl.Cl. The van der Waals surface area contributed by atoms with Crippen LogP contribution in [0.4, 0.5) is 5.82 Å². The van der Waals surface area contributed by atoms with Crippen molar-refractivity contribution in [2.75, 3.05) is 50.8 Å². The monoisotopic (exact) mass is 391 g/mol. The normalized spacial score (nSPS) is 18.3. The molecule has 9 heteroatoms. The Morgan fingerprint density at radius 1 is 1.20 bits per heavy atom. The third-order valence-corrected chi connectivity index (χ3v) is 4.62. The molecule has 142 valence electrons. The zero-order chi connectivity index (χ0) is 16.2. The second-order valence-corrected chi connectivity index (χ2v) is 6.16. The third-order valence-electron chi connectivity index (χ3n) is 4.62. The second kappa shape index (κ2) is 10.1. The van der Waals surface area contributed by atoms with Crippen molar-refractivity contribution < 1.29 is 9.53 Å². The van der Waals surface area contributed by atoms with Gasteiger partial charge in [-0.3, -0.25) is 4.79 Å². The van der Waals surface area contributed by atoms with Gasteiger partial charge in [-0.25, -0.2) is 9.97 Å². The first-order valence-electron chi connectivity index (χ1n) is 8.33. The number of nitrogens with two attached hydrogens (primary N) is 1. The molecule has 1 aromatic heterocycles. The molecule has 25 heavy (non-hydrogen) atoms. The van der Waals surface area contributed by atoms with E-state index in [9.17, 15) is 4.79 Å². The van der Waals surface area contributed by atoms with E-state index in [0.717, 1.165) is 69.6 Å². The maximum Gasteiger partial charge on any atom is 0.236 e.